The van der Waals surface area contributed by atoms with E-state index in [0.717, 1.165) is 40.7 Å². The van der Waals surface area contributed by atoms with Gasteiger partial charge in [-0.1, -0.05) is 18.2 Å². The lowest BCUT2D eigenvalue weighted by Crippen LogP contribution is -2.53. The van der Waals surface area contributed by atoms with Gasteiger partial charge in [-0.25, -0.2) is 25.6 Å². The van der Waals surface area contributed by atoms with Crippen molar-refractivity contribution in [3.63, 3.8) is 0 Å². The van der Waals surface area contributed by atoms with E-state index in [1.807, 2.05) is 0 Å². The van der Waals surface area contributed by atoms with Crippen molar-refractivity contribution >= 4 is 31.6 Å². The van der Waals surface area contributed by atoms with Crippen LogP contribution in [0.2, 0.25) is 0 Å². The summed E-state index contributed by atoms with van der Waals surface area (Å²) in [7, 11) is -8.02. The zero-order valence-electron chi connectivity index (χ0n) is 19.0. The van der Waals surface area contributed by atoms with Crippen molar-refractivity contribution in [3.8, 4) is 0 Å². The Labute approximate surface area is 208 Å². The number of carbonyl (C=O) groups excluding carboxylic acids is 1. The molecule has 4 rings (SSSR count). The summed E-state index contributed by atoms with van der Waals surface area (Å²) in [4.78, 5) is 14.4. The zero-order valence-corrected chi connectivity index (χ0v) is 20.6. The molecular formula is C24H23F2N3O5S2. The van der Waals surface area contributed by atoms with Gasteiger partial charge in [0.05, 0.1) is 15.5 Å². The number of amides is 1. The first-order chi connectivity index (χ1) is 17.1. The quantitative estimate of drug-likeness (QED) is 0.464. The third-order valence-corrected chi connectivity index (χ3v) is 9.47. The summed E-state index contributed by atoms with van der Waals surface area (Å²) in [5.74, 6) is -1.76. The fourth-order valence-corrected chi connectivity index (χ4v) is 6.66. The van der Waals surface area contributed by atoms with Crippen LogP contribution in [0.15, 0.2) is 88.7 Å². The Kier molecular flexibility index (Phi) is 7.38. The number of piperazine rings is 1. The van der Waals surface area contributed by atoms with Crippen molar-refractivity contribution in [3.05, 3.63) is 90.5 Å². The molecule has 3 aromatic carbocycles. The molecule has 1 fully saturated rings. The number of hydrogen-bond acceptors (Lipinski definition) is 5. The van der Waals surface area contributed by atoms with Crippen LogP contribution in [0, 0.1) is 11.6 Å². The maximum atomic E-state index is 13.5. The van der Waals surface area contributed by atoms with E-state index in [-0.39, 0.29) is 41.7 Å². The highest BCUT2D eigenvalue weighted by atomic mass is 32.2. The fourth-order valence-electron chi connectivity index (χ4n) is 3.80. The van der Waals surface area contributed by atoms with Crippen LogP contribution in [0.5, 0.6) is 0 Å². The summed E-state index contributed by atoms with van der Waals surface area (Å²) in [6.45, 7) is -0.372. The number of sulfonamides is 2. The van der Waals surface area contributed by atoms with Gasteiger partial charge >= 0.3 is 0 Å². The first-order valence-electron chi connectivity index (χ1n) is 11.0. The Hall–Kier alpha value is -3.35. The predicted octanol–water partition coefficient (Wildman–Crippen LogP) is 2.69. The Morgan fingerprint density at radius 3 is 1.81 bits per heavy atom. The summed E-state index contributed by atoms with van der Waals surface area (Å²) in [6, 6.07) is 16.7. The molecule has 1 amide bonds. The molecule has 0 radical (unpaired) electrons. The topological polar surface area (TPSA) is 95.1 Å². The molecule has 12 heteroatoms. The van der Waals surface area contributed by atoms with E-state index in [1.165, 1.54) is 33.5 Å². The molecule has 0 aromatic heterocycles. The summed E-state index contributed by atoms with van der Waals surface area (Å²) in [5.41, 5.74) is 0.0550. The average molecular weight is 536 g/mol. The van der Waals surface area contributed by atoms with Gasteiger partial charge in [0.2, 0.25) is 15.9 Å². The number of benzene rings is 3. The number of rotatable bonds is 7. The maximum Gasteiger partial charge on any atom is 0.264 e. The molecule has 1 aliphatic rings. The molecule has 0 N–H and O–H groups in total. The Morgan fingerprint density at radius 1 is 0.722 bits per heavy atom. The summed E-state index contributed by atoms with van der Waals surface area (Å²) in [6.07, 6.45) is 0. The second-order valence-electron chi connectivity index (χ2n) is 8.04. The minimum absolute atomic E-state index is 0.0459. The second-order valence-corrected chi connectivity index (χ2v) is 11.8. The predicted molar refractivity (Wildman–Crippen MR) is 129 cm³/mol. The minimum Gasteiger partial charge on any atom is -0.338 e. The standard InChI is InChI=1S/C24H23F2N3O5S2/c25-19-6-10-21(11-7-19)29(36(33,34)23-12-8-20(26)9-13-23)18-24(30)27-14-16-28(17-15-27)35(31,32)22-4-2-1-3-5-22/h1-13H,14-18H2. The highest BCUT2D eigenvalue weighted by Crippen LogP contribution is 2.25. The lowest BCUT2D eigenvalue weighted by atomic mass is 10.3. The van der Waals surface area contributed by atoms with E-state index in [9.17, 15) is 30.4 Å². The Bertz CT molecular complexity index is 1430. The SMILES string of the molecule is O=C(CN(c1ccc(F)cc1)S(=O)(=O)c1ccc(F)cc1)N1CCN(S(=O)(=O)c2ccccc2)CC1. The van der Waals surface area contributed by atoms with E-state index >= 15 is 0 Å². The number of hydrogen-bond donors (Lipinski definition) is 0. The molecule has 0 atom stereocenters. The van der Waals surface area contributed by atoms with Crippen LogP contribution in [0.25, 0.3) is 0 Å². The first kappa shape index (κ1) is 25.7. The van der Waals surface area contributed by atoms with Crippen molar-refractivity contribution < 1.29 is 30.4 Å². The third kappa shape index (κ3) is 5.40. The van der Waals surface area contributed by atoms with Gasteiger partial charge in [0.15, 0.2) is 0 Å². The molecule has 0 bridgehead atoms. The van der Waals surface area contributed by atoms with Crippen LogP contribution in [0.4, 0.5) is 14.5 Å². The van der Waals surface area contributed by atoms with E-state index in [0.29, 0.717) is 0 Å². The highest BCUT2D eigenvalue weighted by molar-refractivity contribution is 7.92. The van der Waals surface area contributed by atoms with Crippen LogP contribution in [-0.2, 0) is 24.8 Å². The van der Waals surface area contributed by atoms with Crippen LogP contribution < -0.4 is 4.31 Å². The zero-order chi connectivity index (χ0) is 25.9. The molecule has 3 aromatic rings. The van der Waals surface area contributed by atoms with Gasteiger partial charge in [-0.05, 0) is 60.7 Å². The Balaban J connectivity index is 1.53. The van der Waals surface area contributed by atoms with E-state index in [4.69, 9.17) is 0 Å². The van der Waals surface area contributed by atoms with Crippen molar-refractivity contribution in [2.45, 2.75) is 9.79 Å². The molecule has 36 heavy (non-hydrogen) atoms. The summed E-state index contributed by atoms with van der Waals surface area (Å²) < 4.78 is 81.3. The molecule has 8 nitrogen and oxygen atoms in total. The van der Waals surface area contributed by atoms with Crippen LogP contribution in [0.3, 0.4) is 0 Å². The van der Waals surface area contributed by atoms with Crippen molar-refractivity contribution in [1.82, 2.24) is 9.21 Å². The van der Waals surface area contributed by atoms with Crippen molar-refractivity contribution in [1.29, 1.82) is 0 Å². The number of nitrogens with zero attached hydrogens (tertiary/aromatic N) is 3. The van der Waals surface area contributed by atoms with Crippen LogP contribution in [0.1, 0.15) is 0 Å². The van der Waals surface area contributed by atoms with Crippen LogP contribution in [-0.4, -0.2) is 64.7 Å². The number of anilines is 1. The normalized spacial score (nSPS) is 15.0. The second kappa shape index (κ2) is 10.3. The van der Waals surface area contributed by atoms with E-state index in [1.54, 1.807) is 18.2 Å². The summed E-state index contributed by atoms with van der Waals surface area (Å²) in [5, 5.41) is 0. The smallest absolute Gasteiger partial charge is 0.264 e. The van der Waals surface area contributed by atoms with Gasteiger partial charge in [-0.15, -0.1) is 0 Å². The number of carbonyl (C=O) groups is 1. The van der Waals surface area contributed by atoms with Crippen molar-refractivity contribution in [2.24, 2.45) is 0 Å². The van der Waals surface area contributed by atoms with Crippen molar-refractivity contribution in [2.75, 3.05) is 37.0 Å². The highest BCUT2D eigenvalue weighted by Gasteiger charge is 2.33. The molecule has 0 spiro atoms. The van der Waals surface area contributed by atoms with E-state index in [2.05, 4.69) is 0 Å². The van der Waals surface area contributed by atoms with Crippen LogP contribution >= 0.6 is 0 Å². The van der Waals surface area contributed by atoms with Gasteiger partial charge in [0.25, 0.3) is 10.0 Å². The maximum absolute atomic E-state index is 13.5. The lowest BCUT2D eigenvalue weighted by molar-refractivity contribution is -0.130. The largest absolute Gasteiger partial charge is 0.338 e. The van der Waals surface area contributed by atoms with Gasteiger partial charge < -0.3 is 4.90 Å². The molecule has 0 aliphatic carbocycles. The van der Waals surface area contributed by atoms with Gasteiger partial charge in [-0.2, -0.15) is 4.31 Å². The van der Waals surface area contributed by atoms with Gasteiger partial charge in [-0.3, -0.25) is 9.10 Å². The first-order valence-corrected chi connectivity index (χ1v) is 13.8. The monoisotopic (exact) mass is 535 g/mol. The molecule has 1 heterocycles. The van der Waals surface area contributed by atoms with Gasteiger partial charge in [0.1, 0.15) is 18.2 Å². The fraction of sp³-hybridized carbons (Fsp3) is 0.208. The lowest BCUT2D eigenvalue weighted by Gasteiger charge is -2.35. The Morgan fingerprint density at radius 2 is 1.25 bits per heavy atom. The molecule has 1 aliphatic heterocycles. The van der Waals surface area contributed by atoms with Gasteiger partial charge in [0, 0.05) is 26.2 Å². The van der Waals surface area contributed by atoms with E-state index < -0.39 is 44.1 Å². The average Bonchev–Trinajstić information content (AvgIpc) is 2.88. The minimum atomic E-state index is -4.30. The number of halogens is 2. The summed E-state index contributed by atoms with van der Waals surface area (Å²) >= 11 is 0. The molecule has 0 unspecified atom stereocenters. The third-order valence-electron chi connectivity index (χ3n) is 5.77. The molecule has 1 saturated heterocycles. The molecular weight excluding hydrogens is 512 g/mol. The molecule has 0 saturated carbocycles. The molecule has 190 valence electrons.